The molecule has 0 heterocycles. The number of fused-ring (bicyclic) bond motifs is 1. The van der Waals surface area contributed by atoms with Gasteiger partial charge in [0.25, 0.3) is 0 Å². The van der Waals surface area contributed by atoms with Gasteiger partial charge in [-0.1, -0.05) is 13.8 Å². The number of ketones is 2. The van der Waals surface area contributed by atoms with Gasteiger partial charge in [0.2, 0.25) is 11.6 Å². The van der Waals surface area contributed by atoms with Crippen molar-refractivity contribution in [3.8, 4) is 0 Å². The zero-order valence-electron chi connectivity index (χ0n) is 11.8. The van der Waals surface area contributed by atoms with Crippen LogP contribution in [-0.2, 0) is 14.3 Å². The van der Waals surface area contributed by atoms with Gasteiger partial charge in [-0.05, 0) is 37.2 Å². The smallest absolute Gasteiger partial charge is 0.213 e. The number of methoxy groups -OCH3 is 1. The van der Waals surface area contributed by atoms with Gasteiger partial charge in [0.05, 0.1) is 24.0 Å². The Bertz CT molecular complexity index is 518. The van der Waals surface area contributed by atoms with Gasteiger partial charge in [0.15, 0.2) is 0 Å². The molecule has 2 fully saturated rings. The molecule has 0 aliphatic heterocycles. The van der Waals surface area contributed by atoms with Crippen molar-refractivity contribution >= 4 is 11.6 Å². The van der Waals surface area contributed by atoms with Gasteiger partial charge >= 0.3 is 0 Å². The predicted octanol–water partition coefficient (Wildman–Crippen LogP) is 1.47. The van der Waals surface area contributed by atoms with Crippen LogP contribution in [0.1, 0.15) is 33.6 Å². The molecule has 4 atom stereocenters. The molecular formula is C15H20O4. The average Bonchev–Trinajstić information content (AvgIpc) is 2.69. The molecule has 0 radical (unpaired) electrons. The minimum absolute atomic E-state index is 0.00380. The fraction of sp³-hybridized carbons (Fsp3) is 0.733. The van der Waals surface area contributed by atoms with Crippen LogP contribution in [-0.4, -0.2) is 29.9 Å². The third kappa shape index (κ3) is 1.04. The number of ether oxygens (including phenoxy) is 1. The fourth-order valence-corrected chi connectivity index (χ4v) is 4.68. The number of hydrogen-bond donors (Lipinski definition) is 1. The van der Waals surface area contributed by atoms with Crippen LogP contribution in [0.15, 0.2) is 11.8 Å². The molecule has 4 heteroatoms. The summed E-state index contributed by atoms with van der Waals surface area (Å²) in [5.41, 5.74) is -2.35. The maximum atomic E-state index is 12.6. The molecule has 4 rings (SSSR count). The normalized spacial score (nSPS) is 47.1. The zero-order chi connectivity index (χ0) is 14.2. The summed E-state index contributed by atoms with van der Waals surface area (Å²) in [6.45, 7) is 5.83. The van der Waals surface area contributed by atoms with Crippen molar-refractivity contribution in [2.75, 3.05) is 7.11 Å². The Morgan fingerprint density at radius 1 is 1.21 bits per heavy atom. The van der Waals surface area contributed by atoms with E-state index < -0.39 is 33.9 Å². The lowest BCUT2D eigenvalue weighted by Crippen LogP contribution is -2.67. The van der Waals surface area contributed by atoms with E-state index in [1.165, 1.54) is 7.11 Å². The van der Waals surface area contributed by atoms with Crippen molar-refractivity contribution in [1.29, 1.82) is 0 Å². The van der Waals surface area contributed by atoms with Crippen molar-refractivity contribution in [1.82, 2.24) is 0 Å². The van der Waals surface area contributed by atoms with Crippen molar-refractivity contribution in [3.05, 3.63) is 11.8 Å². The van der Waals surface area contributed by atoms with E-state index in [2.05, 4.69) is 0 Å². The third-order valence-corrected chi connectivity index (χ3v) is 6.15. The molecular weight excluding hydrogens is 244 g/mol. The second kappa shape index (κ2) is 3.29. The lowest BCUT2D eigenvalue weighted by Gasteiger charge is -2.60. The minimum Gasteiger partial charge on any atom is -0.500 e. The molecule has 1 N–H and O–H groups in total. The van der Waals surface area contributed by atoms with Crippen LogP contribution in [0.4, 0.5) is 0 Å². The molecule has 1 spiro atoms. The highest BCUT2D eigenvalue weighted by Gasteiger charge is 2.75. The molecule has 2 bridgehead atoms. The Balaban J connectivity index is 2.36. The average molecular weight is 264 g/mol. The quantitative estimate of drug-likeness (QED) is 0.728. The first-order valence-electron chi connectivity index (χ1n) is 6.79. The van der Waals surface area contributed by atoms with Crippen LogP contribution >= 0.6 is 0 Å². The number of aliphatic hydroxyl groups is 1. The molecule has 0 aromatic carbocycles. The Labute approximate surface area is 112 Å². The molecule has 0 aromatic heterocycles. The van der Waals surface area contributed by atoms with Crippen LogP contribution < -0.4 is 0 Å². The Morgan fingerprint density at radius 3 is 2.42 bits per heavy atom. The molecule has 4 aliphatic carbocycles. The molecule has 4 aliphatic rings. The van der Waals surface area contributed by atoms with E-state index in [1.807, 2.05) is 13.8 Å². The number of carbonyl (C=O) groups is 2. The highest BCUT2D eigenvalue weighted by Crippen LogP contribution is 2.69. The lowest BCUT2D eigenvalue weighted by atomic mass is 9.41. The summed E-state index contributed by atoms with van der Waals surface area (Å²) in [6.07, 6.45) is 2.31. The molecule has 0 unspecified atom stereocenters. The minimum atomic E-state index is -1.05. The number of carbonyl (C=O) groups excluding carboxylic acids is 2. The van der Waals surface area contributed by atoms with E-state index in [4.69, 9.17) is 4.74 Å². The second-order valence-corrected chi connectivity index (χ2v) is 6.80. The van der Waals surface area contributed by atoms with Crippen LogP contribution in [0.2, 0.25) is 0 Å². The molecule has 0 amide bonds. The van der Waals surface area contributed by atoms with Gasteiger partial charge in [-0.25, -0.2) is 0 Å². The maximum absolute atomic E-state index is 12.6. The lowest BCUT2D eigenvalue weighted by molar-refractivity contribution is -0.175. The Morgan fingerprint density at radius 2 is 1.84 bits per heavy atom. The van der Waals surface area contributed by atoms with Crippen LogP contribution in [0, 0.1) is 22.2 Å². The summed E-state index contributed by atoms with van der Waals surface area (Å²) in [7, 11) is 1.53. The van der Waals surface area contributed by atoms with Crippen LogP contribution in [0.5, 0.6) is 0 Å². The Kier molecular flexibility index (Phi) is 2.23. The van der Waals surface area contributed by atoms with Gasteiger partial charge in [-0.3, -0.25) is 9.59 Å². The largest absolute Gasteiger partial charge is 0.500 e. The van der Waals surface area contributed by atoms with Gasteiger partial charge in [-0.2, -0.15) is 0 Å². The summed E-state index contributed by atoms with van der Waals surface area (Å²) in [4.78, 5) is 25.1. The second-order valence-electron chi connectivity index (χ2n) is 6.80. The van der Waals surface area contributed by atoms with Crippen molar-refractivity contribution in [2.45, 2.75) is 39.7 Å². The number of hydrogen-bond acceptors (Lipinski definition) is 4. The van der Waals surface area contributed by atoms with Gasteiger partial charge in [0, 0.05) is 0 Å². The first kappa shape index (κ1) is 12.9. The summed E-state index contributed by atoms with van der Waals surface area (Å²) in [6, 6.07) is 0. The first-order chi connectivity index (χ1) is 8.74. The summed E-state index contributed by atoms with van der Waals surface area (Å²) < 4.78 is 5.41. The first-order valence-corrected chi connectivity index (χ1v) is 6.79. The predicted molar refractivity (Wildman–Crippen MR) is 68.2 cm³/mol. The number of allylic oxidation sites excluding steroid dienone is 1. The van der Waals surface area contributed by atoms with E-state index in [0.717, 1.165) is 6.42 Å². The van der Waals surface area contributed by atoms with Gasteiger partial charge < -0.3 is 9.84 Å². The maximum Gasteiger partial charge on any atom is 0.213 e. The topological polar surface area (TPSA) is 63.6 Å². The van der Waals surface area contributed by atoms with Crippen molar-refractivity contribution in [3.63, 3.8) is 0 Å². The van der Waals surface area contributed by atoms with Gasteiger partial charge in [-0.15, -0.1) is 0 Å². The van der Waals surface area contributed by atoms with E-state index in [1.54, 1.807) is 13.0 Å². The Hall–Kier alpha value is -1.16. The molecule has 0 aromatic rings. The molecule has 0 saturated heterocycles. The number of aliphatic hydroxyl groups excluding tert-OH is 1. The number of Topliss-reactive ketones (excluding diaryl/α,β-unsaturated/α-hetero) is 2. The standard InChI is InChI=1S/C15H20O4/c1-13(2)8-5-6-9(16)15(8)7-10(19-4)14(13,3)11(17)12(15)18/h7-9,16H,5-6H2,1-4H3/t8-,9+,14+,15+/m1/s1. The van der Waals surface area contributed by atoms with E-state index in [0.29, 0.717) is 12.2 Å². The highest BCUT2D eigenvalue weighted by molar-refractivity contribution is 6.44. The molecule has 19 heavy (non-hydrogen) atoms. The molecule has 2 saturated carbocycles. The third-order valence-electron chi connectivity index (χ3n) is 6.15. The zero-order valence-corrected chi connectivity index (χ0v) is 11.8. The monoisotopic (exact) mass is 264 g/mol. The van der Waals surface area contributed by atoms with E-state index in [-0.39, 0.29) is 5.92 Å². The molecule has 104 valence electrons. The van der Waals surface area contributed by atoms with Crippen molar-refractivity contribution < 1.29 is 19.4 Å². The summed E-state index contributed by atoms with van der Waals surface area (Å²) >= 11 is 0. The van der Waals surface area contributed by atoms with E-state index in [9.17, 15) is 14.7 Å². The van der Waals surface area contributed by atoms with Crippen molar-refractivity contribution in [2.24, 2.45) is 22.2 Å². The van der Waals surface area contributed by atoms with Crippen LogP contribution in [0.25, 0.3) is 0 Å². The van der Waals surface area contributed by atoms with Gasteiger partial charge in [0.1, 0.15) is 5.76 Å². The molecule has 4 nitrogen and oxygen atoms in total. The summed E-state index contributed by atoms with van der Waals surface area (Å²) in [5.74, 6) is -0.289. The SMILES string of the molecule is COC1=C[C@]23C(=O)C(=O)[C@@]1(C)C(C)(C)[C@H]2CC[C@@H]3O. The number of rotatable bonds is 1. The van der Waals surface area contributed by atoms with E-state index >= 15 is 0 Å². The summed E-state index contributed by atoms with van der Waals surface area (Å²) in [5, 5.41) is 10.3. The fourth-order valence-electron chi connectivity index (χ4n) is 4.68. The van der Waals surface area contributed by atoms with Crippen LogP contribution in [0.3, 0.4) is 0 Å². The highest BCUT2D eigenvalue weighted by atomic mass is 16.5.